The van der Waals surface area contributed by atoms with Crippen LogP contribution in [0.2, 0.25) is 0 Å². The lowest BCUT2D eigenvalue weighted by Gasteiger charge is -2.08. The molecule has 1 aromatic rings. The van der Waals surface area contributed by atoms with E-state index in [1.807, 2.05) is 10.7 Å². The van der Waals surface area contributed by atoms with Crippen LogP contribution in [-0.2, 0) is 6.42 Å². The largest absolute Gasteiger partial charge is 0.382 e. The van der Waals surface area contributed by atoms with Crippen LogP contribution in [0.1, 0.15) is 32.5 Å². The van der Waals surface area contributed by atoms with Crippen LogP contribution < -0.4 is 5.73 Å². The third kappa shape index (κ3) is 1.53. The summed E-state index contributed by atoms with van der Waals surface area (Å²) in [4.78, 5) is 0. The molecule has 3 nitrogen and oxygen atoms in total. The number of aryl methyl sites for hydroxylation is 1. The lowest BCUT2D eigenvalue weighted by molar-refractivity contribution is 0.513. The van der Waals surface area contributed by atoms with Crippen LogP contribution in [0.5, 0.6) is 0 Å². The Hall–Kier alpha value is -0.990. The summed E-state index contributed by atoms with van der Waals surface area (Å²) in [5.41, 5.74) is 6.77. The quantitative estimate of drug-likeness (QED) is 0.701. The van der Waals surface area contributed by atoms with Crippen molar-refractivity contribution in [2.24, 2.45) is 0 Å². The number of anilines is 1. The number of hydrogen-bond acceptors (Lipinski definition) is 2. The van der Waals surface area contributed by atoms with Gasteiger partial charge in [-0.25, -0.2) is 0 Å². The Morgan fingerprint density at radius 2 is 2.27 bits per heavy atom. The maximum Gasteiger partial charge on any atom is 0.145 e. The Bertz CT molecular complexity index is 237. The molecule has 0 saturated carbocycles. The number of nitrogens with two attached hydrogens (primary N) is 1. The van der Waals surface area contributed by atoms with Gasteiger partial charge in [0.15, 0.2) is 0 Å². The highest BCUT2D eigenvalue weighted by Gasteiger charge is 2.05. The van der Waals surface area contributed by atoms with E-state index in [-0.39, 0.29) is 0 Å². The predicted molar refractivity (Wildman–Crippen MR) is 46.4 cm³/mol. The van der Waals surface area contributed by atoms with E-state index >= 15 is 0 Å². The first-order valence-corrected chi connectivity index (χ1v) is 3.99. The molecule has 1 heterocycles. The Kier molecular flexibility index (Phi) is 2.17. The first-order valence-electron chi connectivity index (χ1n) is 3.99. The van der Waals surface area contributed by atoms with Crippen molar-refractivity contribution in [1.29, 1.82) is 0 Å². The summed E-state index contributed by atoms with van der Waals surface area (Å²) in [5.74, 6) is 0.621. The van der Waals surface area contributed by atoms with E-state index in [1.165, 1.54) is 5.69 Å². The third-order valence-electron chi connectivity index (χ3n) is 1.68. The molecule has 62 valence electrons. The van der Waals surface area contributed by atoms with Crippen LogP contribution in [0, 0.1) is 0 Å². The molecule has 1 aromatic heterocycles. The molecule has 0 aromatic carbocycles. The van der Waals surface area contributed by atoms with E-state index in [0.29, 0.717) is 11.9 Å². The van der Waals surface area contributed by atoms with E-state index in [0.717, 1.165) is 6.42 Å². The second kappa shape index (κ2) is 2.95. The minimum Gasteiger partial charge on any atom is -0.382 e. The van der Waals surface area contributed by atoms with Gasteiger partial charge in [-0.3, -0.25) is 4.68 Å². The number of rotatable bonds is 2. The summed E-state index contributed by atoms with van der Waals surface area (Å²) in [6, 6.07) is 2.34. The van der Waals surface area contributed by atoms with Crippen molar-refractivity contribution in [3.63, 3.8) is 0 Å². The highest BCUT2D eigenvalue weighted by Crippen LogP contribution is 2.12. The summed E-state index contributed by atoms with van der Waals surface area (Å²) in [5, 5.41) is 4.18. The normalized spacial score (nSPS) is 10.9. The van der Waals surface area contributed by atoms with E-state index in [4.69, 9.17) is 5.73 Å². The standard InChI is InChI=1S/C8H15N3/c1-4-7-5-8(9)10-11(7)6(2)3/h5-6H,4H2,1-3H3,(H2,9,10). The van der Waals surface area contributed by atoms with Crippen LogP contribution in [0.25, 0.3) is 0 Å². The molecule has 0 aliphatic rings. The molecular formula is C8H15N3. The zero-order valence-corrected chi connectivity index (χ0v) is 7.33. The van der Waals surface area contributed by atoms with Gasteiger partial charge in [0, 0.05) is 17.8 Å². The first-order chi connectivity index (χ1) is 5.15. The number of nitrogens with zero attached hydrogens (tertiary/aromatic N) is 2. The zero-order valence-electron chi connectivity index (χ0n) is 7.33. The molecule has 0 aliphatic heterocycles. The van der Waals surface area contributed by atoms with Crippen molar-refractivity contribution in [2.45, 2.75) is 33.2 Å². The van der Waals surface area contributed by atoms with Gasteiger partial charge in [-0.1, -0.05) is 6.92 Å². The third-order valence-corrected chi connectivity index (χ3v) is 1.68. The Balaban J connectivity index is 3.02. The summed E-state index contributed by atoms with van der Waals surface area (Å²) >= 11 is 0. The van der Waals surface area contributed by atoms with Crippen LogP contribution >= 0.6 is 0 Å². The van der Waals surface area contributed by atoms with Gasteiger partial charge >= 0.3 is 0 Å². The maximum absolute atomic E-state index is 5.56. The average molecular weight is 153 g/mol. The number of nitrogen functional groups attached to an aromatic ring is 1. The SMILES string of the molecule is CCc1cc(N)nn1C(C)C. The Morgan fingerprint density at radius 3 is 2.64 bits per heavy atom. The van der Waals surface area contributed by atoms with E-state index in [2.05, 4.69) is 25.9 Å². The summed E-state index contributed by atoms with van der Waals surface area (Å²) in [6.07, 6.45) is 0.988. The van der Waals surface area contributed by atoms with Crippen LogP contribution in [0.4, 0.5) is 5.82 Å². The maximum atomic E-state index is 5.56. The Morgan fingerprint density at radius 1 is 1.64 bits per heavy atom. The van der Waals surface area contributed by atoms with Gasteiger partial charge in [0.2, 0.25) is 0 Å². The fraction of sp³-hybridized carbons (Fsp3) is 0.625. The molecule has 0 saturated heterocycles. The molecule has 2 N–H and O–H groups in total. The molecule has 0 fully saturated rings. The average Bonchev–Trinajstić information content (AvgIpc) is 2.30. The molecule has 0 spiro atoms. The van der Waals surface area contributed by atoms with Gasteiger partial charge in [0.25, 0.3) is 0 Å². The van der Waals surface area contributed by atoms with Crippen molar-refractivity contribution in [1.82, 2.24) is 9.78 Å². The Labute approximate surface area is 67.2 Å². The molecule has 0 unspecified atom stereocenters. The predicted octanol–water partition coefficient (Wildman–Crippen LogP) is 1.61. The fourth-order valence-electron chi connectivity index (χ4n) is 1.17. The van der Waals surface area contributed by atoms with Crippen molar-refractivity contribution >= 4 is 5.82 Å². The van der Waals surface area contributed by atoms with Crippen LogP contribution in [-0.4, -0.2) is 9.78 Å². The van der Waals surface area contributed by atoms with Gasteiger partial charge in [-0.2, -0.15) is 5.10 Å². The van der Waals surface area contributed by atoms with Crippen molar-refractivity contribution in [3.8, 4) is 0 Å². The van der Waals surface area contributed by atoms with Crippen molar-refractivity contribution < 1.29 is 0 Å². The summed E-state index contributed by atoms with van der Waals surface area (Å²) < 4.78 is 1.97. The monoisotopic (exact) mass is 153 g/mol. The highest BCUT2D eigenvalue weighted by molar-refractivity contribution is 5.29. The first kappa shape index (κ1) is 8.11. The lowest BCUT2D eigenvalue weighted by Crippen LogP contribution is -2.06. The minimum absolute atomic E-state index is 0.405. The fourth-order valence-corrected chi connectivity index (χ4v) is 1.17. The molecular weight excluding hydrogens is 138 g/mol. The van der Waals surface area contributed by atoms with Crippen LogP contribution in [0.3, 0.4) is 0 Å². The summed E-state index contributed by atoms with van der Waals surface area (Å²) in [7, 11) is 0. The summed E-state index contributed by atoms with van der Waals surface area (Å²) in [6.45, 7) is 6.31. The molecule has 0 atom stereocenters. The molecule has 0 bridgehead atoms. The second-order valence-corrected chi connectivity index (χ2v) is 2.95. The molecule has 3 heteroatoms. The molecule has 0 aliphatic carbocycles. The highest BCUT2D eigenvalue weighted by atomic mass is 15.3. The molecule has 0 amide bonds. The van der Waals surface area contributed by atoms with Crippen LogP contribution in [0.15, 0.2) is 6.07 Å². The lowest BCUT2D eigenvalue weighted by atomic mass is 10.3. The van der Waals surface area contributed by atoms with Crippen molar-refractivity contribution in [3.05, 3.63) is 11.8 Å². The molecule has 11 heavy (non-hydrogen) atoms. The van der Waals surface area contributed by atoms with Gasteiger partial charge in [-0.15, -0.1) is 0 Å². The minimum atomic E-state index is 0.405. The molecule has 0 radical (unpaired) electrons. The molecule has 1 rings (SSSR count). The van der Waals surface area contributed by atoms with Gasteiger partial charge in [-0.05, 0) is 20.3 Å². The zero-order chi connectivity index (χ0) is 8.43. The van der Waals surface area contributed by atoms with Gasteiger partial charge < -0.3 is 5.73 Å². The smallest absolute Gasteiger partial charge is 0.145 e. The van der Waals surface area contributed by atoms with E-state index in [9.17, 15) is 0 Å². The van der Waals surface area contributed by atoms with E-state index in [1.54, 1.807) is 0 Å². The second-order valence-electron chi connectivity index (χ2n) is 2.95. The van der Waals surface area contributed by atoms with Gasteiger partial charge in [0.05, 0.1) is 0 Å². The number of aromatic nitrogens is 2. The topological polar surface area (TPSA) is 43.8 Å². The van der Waals surface area contributed by atoms with Crippen molar-refractivity contribution in [2.75, 3.05) is 5.73 Å². The van der Waals surface area contributed by atoms with E-state index < -0.39 is 0 Å². The number of hydrogen-bond donors (Lipinski definition) is 1. The van der Waals surface area contributed by atoms with Gasteiger partial charge in [0.1, 0.15) is 5.82 Å².